The van der Waals surface area contributed by atoms with Gasteiger partial charge in [0, 0.05) is 24.2 Å². The van der Waals surface area contributed by atoms with Gasteiger partial charge in [-0.3, -0.25) is 24.4 Å². The number of aromatic nitrogens is 2. The minimum absolute atomic E-state index is 0.0128. The van der Waals surface area contributed by atoms with E-state index in [2.05, 4.69) is 5.10 Å². The van der Waals surface area contributed by atoms with E-state index in [0.717, 1.165) is 5.56 Å². The van der Waals surface area contributed by atoms with Crippen molar-refractivity contribution >= 4 is 23.2 Å². The largest absolute Gasteiger partial charge is 0.370 e. The lowest BCUT2D eigenvalue weighted by Gasteiger charge is -2.22. The van der Waals surface area contributed by atoms with Crippen LogP contribution in [0.5, 0.6) is 0 Å². The molecule has 2 aromatic carbocycles. The van der Waals surface area contributed by atoms with Gasteiger partial charge in [-0.15, -0.1) is 0 Å². The van der Waals surface area contributed by atoms with Crippen LogP contribution in [0.2, 0.25) is 0 Å². The van der Waals surface area contributed by atoms with Gasteiger partial charge in [0.25, 0.3) is 5.91 Å². The van der Waals surface area contributed by atoms with Crippen molar-refractivity contribution < 1.29 is 18.9 Å². The number of nitro groups is 1. The molecule has 0 atom stereocenters. The van der Waals surface area contributed by atoms with E-state index in [4.69, 9.17) is 5.73 Å². The lowest BCUT2D eigenvalue weighted by atomic mass is 10.1. The number of primary amides is 1. The van der Waals surface area contributed by atoms with E-state index < -0.39 is 16.6 Å². The Labute approximate surface area is 183 Å². The first-order chi connectivity index (χ1) is 15.2. The van der Waals surface area contributed by atoms with Crippen LogP contribution in [0.15, 0.2) is 48.5 Å². The third kappa shape index (κ3) is 4.97. The van der Waals surface area contributed by atoms with Gasteiger partial charge in [0.15, 0.2) is 0 Å². The molecule has 2 amide bonds. The fraction of sp³-hybridized carbons (Fsp3) is 0.227. The molecule has 3 aromatic rings. The van der Waals surface area contributed by atoms with Gasteiger partial charge in [-0.1, -0.05) is 12.1 Å². The van der Waals surface area contributed by atoms with Crippen LogP contribution < -0.4 is 10.6 Å². The van der Waals surface area contributed by atoms with Crippen LogP contribution in [0.25, 0.3) is 0 Å². The summed E-state index contributed by atoms with van der Waals surface area (Å²) in [5.41, 5.74) is 7.60. The molecule has 0 radical (unpaired) electrons. The molecule has 0 fully saturated rings. The molecule has 10 heteroatoms. The molecular weight excluding hydrogens is 417 g/mol. The zero-order valence-corrected chi connectivity index (χ0v) is 17.6. The van der Waals surface area contributed by atoms with Crippen molar-refractivity contribution in [2.75, 3.05) is 11.4 Å². The molecule has 0 unspecified atom stereocenters. The summed E-state index contributed by atoms with van der Waals surface area (Å²) in [5.74, 6) is -1.37. The standard InChI is InChI=1S/C22H22FN5O4/c1-14-21(28(31)32)15(2)27(25-14)13-16-3-5-17(6-4-16)22(30)26(12-11-20(24)29)19-9-7-18(23)8-10-19/h3-10H,11-13H2,1-2H3,(H2,24,29). The van der Waals surface area contributed by atoms with E-state index in [1.165, 1.54) is 29.2 Å². The van der Waals surface area contributed by atoms with Crippen LogP contribution in [0, 0.1) is 29.8 Å². The molecule has 0 aliphatic heterocycles. The minimum Gasteiger partial charge on any atom is -0.370 e. The van der Waals surface area contributed by atoms with E-state index in [9.17, 15) is 24.1 Å². The predicted octanol–water partition coefficient (Wildman–Crippen LogP) is 3.12. The number of halogens is 1. The molecule has 0 bridgehead atoms. The summed E-state index contributed by atoms with van der Waals surface area (Å²) in [6.45, 7) is 3.57. The van der Waals surface area contributed by atoms with Crippen molar-refractivity contribution in [3.63, 3.8) is 0 Å². The Bertz CT molecular complexity index is 1160. The molecule has 1 aromatic heterocycles. The quantitative estimate of drug-likeness (QED) is 0.426. The Hall–Kier alpha value is -4.08. The molecule has 9 nitrogen and oxygen atoms in total. The van der Waals surface area contributed by atoms with Crippen molar-refractivity contribution in [1.29, 1.82) is 0 Å². The van der Waals surface area contributed by atoms with Crippen molar-refractivity contribution in [1.82, 2.24) is 9.78 Å². The first kappa shape index (κ1) is 22.6. The number of hydrogen-bond acceptors (Lipinski definition) is 5. The normalized spacial score (nSPS) is 10.7. The first-order valence-corrected chi connectivity index (χ1v) is 9.80. The highest BCUT2D eigenvalue weighted by Crippen LogP contribution is 2.23. The lowest BCUT2D eigenvalue weighted by molar-refractivity contribution is -0.386. The van der Waals surface area contributed by atoms with Crippen LogP contribution in [0.3, 0.4) is 0 Å². The Morgan fingerprint density at radius 3 is 2.28 bits per heavy atom. The fourth-order valence-electron chi connectivity index (χ4n) is 3.38. The molecular formula is C22H22FN5O4. The maximum absolute atomic E-state index is 13.3. The molecule has 166 valence electrons. The third-order valence-electron chi connectivity index (χ3n) is 5.02. The Morgan fingerprint density at radius 1 is 1.12 bits per heavy atom. The van der Waals surface area contributed by atoms with Crippen LogP contribution in [0.4, 0.5) is 15.8 Å². The number of nitrogens with zero attached hydrogens (tertiary/aromatic N) is 4. The summed E-state index contributed by atoms with van der Waals surface area (Å²) in [6.07, 6.45) is -0.0437. The fourth-order valence-corrected chi connectivity index (χ4v) is 3.38. The van der Waals surface area contributed by atoms with Gasteiger partial charge in [-0.05, 0) is 55.8 Å². The highest BCUT2D eigenvalue weighted by Gasteiger charge is 2.22. The second-order valence-corrected chi connectivity index (χ2v) is 7.28. The van der Waals surface area contributed by atoms with E-state index in [1.54, 1.807) is 42.8 Å². The molecule has 1 heterocycles. The highest BCUT2D eigenvalue weighted by molar-refractivity contribution is 6.06. The smallest absolute Gasteiger partial charge is 0.312 e. The van der Waals surface area contributed by atoms with Crippen molar-refractivity contribution in [2.45, 2.75) is 26.8 Å². The summed E-state index contributed by atoms with van der Waals surface area (Å²) < 4.78 is 14.8. The van der Waals surface area contributed by atoms with Crippen molar-refractivity contribution in [2.24, 2.45) is 5.73 Å². The average molecular weight is 439 g/mol. The number of rotatable bonds is 8. The predicted molar refractivity (Wildman–Crippen MR) is 116 cm³/mol. The Kier molecular flexibility index (Phi) is 6.62. The molecule has 0 spiro atoms. The van der Waals surface area contributed by atoms with Gasteiger partial charge < -0.3 is 10.6 Å². The van der Waals surface area contributed by atoms with Gasteiger partial charge in [0.05, 0.1) is 11.5 Å². The highest BCUT2D eigenvalue weighted by atomic mass is 19.1. The summed E-state index contributed by atoms with van der Waals surface area (Å²) in [6, 6.07) is 12.1. The zero-order chi connectivity index (χ0) is 23.4. The van der Waals surface area contributed by atoms with Crippen LogP contribution in [-0.4, -0.2) is 33.1 Å². The summed E-state index contributed by atoms with van der Waals surface area (Å²) in [7, 11) is 0. The molecule has 0 saturated carbocycles. The van der Waals surface area contributed by atoms with Crippen LogP contribution in [0.1, 0.15) is 33.7 Å². The van der Waals surface area contributed by atoms with E-state index >= 15 is 0 Å². The average Bonchev–Trinajstić information content (AvgIpc) is 3.02. The third-order valence-corrected chi connectivity index (χ3v) is 5.02. The van der Waals surface area contributed by atoms with Crippen LogP contribution >= 0.6 is 0 Å². The number of anilines is 1. The Morgan fingerprint density at radius 2 is 1.75 bits per heavy atom. The SMILES string of the molecule is Cc1nn(Cc2ccc(C(=O)N(CCC(N)=O)c3ccc(F)cc3)cc2)c(C)c1[N+](=O)[O-]. The summed E-state index contributed by atoms with van der Waals surface area (Å²) >= 11 is 0. The van der Waals surface area contributed by atoms with E-state index in [0.29, 0.717) is 29.2 Å². The molecule has 0 aliphatic rings. The van der Waals surface area contributed by atoms with Crippen molar-refractivity contribution in [3.05, 3.63) is 87.0 Å². The van der Waals surface area contributed by atoms with Gasteiger partial charge >= 0.3 is 5.69 Å². The second kappa shape index (κ2) is 9.38. The molecule has 0 aliphatic carbocycles. The van der Waals surface area contributed by atoms with Gasteiger partial charge in [-0.25, -0.2) is 4.39 Å². The van der Waals surface area contributed by atoms with Crippen molar-refractivity contribution in [3.8, 4) is 0 Å². The number of aryl methyl sites for hydroxylation is 1. The van der Waals surface area contributed by atoms with Gasteiger partial charge in [0.2, 0.25) is 5.91 Å². The number of hydrogen-bond donors (Lipinski definition) is 1. The lowest BCUT2D eigenvalue weighted by Crippen LogP contribution is -2.34. The maximum Gasteiger partial charge on any atom is 0.312 e. The summed E-state index contributed by atoms with van der Waals surface area (Å²) in [4.78, 5) is 36.4. The Balaban J connectivity index is 1.82. The maximum atomic E-state index is 13.3. The minimum atomic E-state index is -0.556. The molecule has 2 N–H and O–H groups in total. The molecule has 3 rings (SSSR count). The van der Waals surface area contributed by atoms with Crippen LogP contribution in [-0.2, 0) is 11.3 Å². The number of nitrogens with two attached hydrogens (primary N) is 1. The number of amides is 2. The molecule has 0 saturated heterocycles. The van der Waals surface area contributed by atoms with Gasteiger partial charge in [-0.2, -0.15) is 5.10 Å². The number of benzene rings is 2. The van der Waals surface area contributed by atoms with E-state index in [-0.39, 0.29) is 24.6 Å². The molecule has 32 heavy (non-hydrogen) atoms. The topological polar surface area (TPSA) is 124 Å². The van der Waals surface area contributed by atoms with E-state index in [1.807, 2.05) is 0 Å². The number of carbonyl (C=O) groups excluding carboxylic acids is 2. The first-order valence-electron chi connectivity index (χ1n) is 9.80. The zero-order valence-electron chi connectivity index (χ0n) is 17.6. The number of carbonyl (C=O) groups is 2. The van der Waals surface area contributed by atoms with Gasteiger partial charge in [0.1, 0.15) is 17.2 Å². The monoisotopic (exact) mass is 439 g/mol. The second-order valence-electron chi connectivity index (χ2n) is 7.28. The summed E-state index contributed by atoms with van der Waals surface area (Å²) in [5, 5.41) is 15.4.